The topological polar surface area (TPSA) is 56.8 Å². The molecule has 2 aromatic rings. The van der Waals surface area contributed by atoms with Gasteiger partial charge in [0.25, 0.3) is 5.91 Å². The van der Waals surface area contributed by atoms with E-state index in [0.717, 1.165) is 83.0 Å². The number of hydrogen-bond donors (Lipinski definition) is 2. The van der Waals surface area contributed by atoms with Crippen molar-refractivity contribution in [3.8, 4) is 0 Å². The summed E-state index contributed by atoms with van der Waals surface area (Å²) in [5.74, 6) is 0.0192. The maximum Gasteiger partial charge on any atom is 0.251 e. The van der Waals surface area contributed by atoms with E-state index < -0.39 is 0 Å². The van der Waals surface area contributed by atoms with Crippen molar-refractivity contribution in [1.29, 1.82) is 0 Å². The number of fused-ring (bicyclic) bond motifs is 1. The fourth-order valence-corrected chi connectivity index (χ4v) is 5.63. The molecule has 2 saturated heterocycles. The maximum atomic E-state index is 13.0. The molecule has 5 rings (SSSR count). The lowest BCUT2D eigenvalue weighted by atomic mass is 9.86. The van der Waals surface area contributed by atoms with E-state index in [1.54, 1.807) is 0 Å². The van der Waals surface area contributed by atoms with Gasteiger partial charge in [-0.1, -0.05) is 15.9 Å². The summed E-state index contributed by atoms with van der Waals surface area (Å²) in [4.78, 5) is 17.8. The number of amides is 1. The number of piperazine rings is 1. The van der Waals surface area contributed by atoms with E-state index in [0.29, 0.717) is 0 Å². The normalized spacial score (nSPS) is 21.2. The molecule has 2 heterocycles. The number of rotatable bonds is 4. The van der Waals surface area contributed by atoms with Crippen molar-refractivity contribution in [2.75, 3.05) is 62.3 Å². The van der Waals surface area contributed by atoms with Crippen molar-refractivity contribution < 1.29 is 9.53 Å². The van der Waals surface area contributed by atoms with Crippen LogP contribution in [0.3, 0.4) is 0 Å². The molecule has 0 radical (unpaired) electrons. The van der Waals surface area contributed by atoms with E-state index in [1.165, 1.54) is 21.3 Å². The SMILES string of the molecule is O=C(NC1CCc2c(Br)ccc(N3CCNCC3)c2C1)c1ccc(N2CCOCC2)cc1. The molecule has 170 valence electrons. The van der Waals surface area contributed by atoms with Gasteiger partial charge < -0.3 is 25.2 Å². The molecule has 7 heteroatoms. The molecule has 0 bridgehead atoms. The van der Waals surface area contributed by atoms with E-state index in [-0.39, 0.29) is 11.9 Å². The quantitative estimate of drug-likeness (QED) is 0.678. The van der Waals surface area contributed by atoms with Gasteiger partial charge >= 0.3 is 0 Å². The fourth-order valence-electron chi connectivity index (χ4n) is 5.06. The molecule has 1 atom stereocenters. The minimum absolute atomic E-state index is 0.0192. The lowest BCUT2D eigenvalue weighted by molar-refractivity contribution is 0.0933. The first-order valence-corrected chi connectivity index (χ1v) is 12.5. The largest absolute Gasteiger partial charge is 0.378 e. The lowest BCUT2D eigenvalue weighted by Crippen LogP contribution is -2.45. The summed E-state index contributed by atoms with van der Waals surface area (Å²) >= 11 is 3.76. The predicted molar refractivity (Wildman–Crippen MR) is 132 cm³/mol. The van der Waals surface area contributed by atoms with Crippen LogP contribution in [0.1, 0.15) is 27.9 Å². The molecule has 2 aromatic carbocycles. The van der Waals surface area contributed by atoms with Crippen molar-refractivity contribution in [3.05, 3.63) is 57.6 Å². The highest BCUT2D eigenvalue weighted by molar-refractivity contribution is 9.10. The molecule has 1 unspecified atom stereocenters. The second kappa shape index (κ2) is 9.81. The molecule has 2 fully saturated rings. The smallest absolute Gasteiger partial charge is 0.251 e. The average molecular weight is 499 g/mol. The molecule has 1 amide bonds. The molecular formula is C25H31BrN4O2. The Morgan fingerprint density at radius 2 is 1.72 bits per heavy atom. The second-order valence-corrected chi connectivity index (χ2v) is 9.67. The standard InChI is InChI=1S/C25H31BrN4O2/c26-23-7-8-24(30-11-9-27-10-12-30)22-17-19(3-6-21(22)23)28-25(31)18-1-4-20(5-2-18)29-13-15-32-16-14-29/h1-2,4-5,7-8,19,27H,3,6,9-17H2,(H,28,31). The number of carbonyl (C=O) groups is 1. The van der Waals surface area contributed by atoms with Gasteiger partial charge in [-0.2, -0.15) is 0 Å². The lowest BCUT2D eigenvalue weighted by Gasteiger charge is -2.35. The summed E-state index contributed by atoms with van der Waals surface area (Å²) in [7, 11) is 0. The number of ether oxygens (including phenoxy) is 1. The van der Waals surface area contributed by atoms with Gasteiger partial charge in [-0.15, -0.1) is 0 Å². The number of benzene rings is 2. The van der Waals surface area contributed by atoms with Crippen LogP contribution in [0.2, 0.25) is 0 Å². The van der Waals surface area contributed by atoms with Crippen LogP contribution in [0, 0.1) is 0 Å². The minimum atomic E-state index is 0.0192. The summed E-state index contributed by atoms with van der Waals surface area (Å²) in [6, 6.07) is 12.6. The summed E-state index contributed by atoms with van der Waals surface area (Å²) in [6.07, 6.45) is 2.83. The molecule has 2 aliphatic heterocycles. The highest BCUT2D eigenvalue weighted by Crippen LogP contribution is 2.35. The van der Waals surface area contributed by atoms with Crippen LogP contribution in [0.15, 0.2) is 40.9 Å². The van der Waals surface area contributed by atoms with Gasteiger partial charge in [0.2, 0.25) is 0 Å². The van der Waals surface area contributed by atoms with Gasteiger partial charge in [0.05, 0.1) is 13.2 Å². The molecule has 0 aromatic heterocycles. The Kier molecular flexibility index (Phi) is 6.67. The Hall–Kier alpha value is -2.09. The van der Waals surface area contributed by atoms with E-state index in [9.17, 15) is 4.79 Å². The Bertz CT molecular complexity index is 953. The van der Waals surface area contributed by atoms with Crippen molar-refractivity contribution >= 4 is 33.2 Å². The van der Waals surface area contributed by atoms with Gasteiger partial charge in [-0.3, -0.25) is 4.79 Å². The highest BCUT2D eigenvalue weighted by atomic mass is 79.9. The van der Waals surface area contributed by atoms with Crippen molar-refractivity contribution in [2.45, 2.75) is 25.3 Å². The van der Waals surface area contributed by atoms with Crippen LogP contribution < -0.4 is 20.4 Å². The average Bonchev–Trinajstić information content (AvgIpc) is 2.85. The summed E-state index contributed by atoms with van der Waals surface area (Å²) in [5.41, 5.74) is 6.01. The first kappa shape index (κ1) is 21.7. The zero-order chi connectivity index (χ0) is 21.9. The van der Waals surface area contributed by atoms with Crippen molar-refractivity contribution in [3.63, 3.8) is 0 Å². The third kappa shape index (κ3) is 4.65. The molecular weight excluding hydrogens is 468 g/mol. The Morgan fingerprint density at radius 1 is 0.969 bits per heavy atom. The number of anilines is 2. The highest BCUT2D eigenvalue weighted by Gasteiger charge is 2.26. The van der Waals surface area contributed by atoms with Crippen molar-refractivity contribution in [2.24, 2.45) is 0 Å². The monoisotopic (exact) mass is 498 g/mol. The van der Waals surface area contributed by atoms with Gasteiger partial charge in [-0.25, -0.2) is 0 Å². The molecule has 2 N–H and O–H groups in total. The number of morpholine rings is 1. The number of carbonyl (C=O) groups excluding carboxylic acids is 1. The van der Waals surface area contributed by atoms with Gasteiger partial charge in [-0.05, 0) is 66.8 Å². The summed E-state index contributed by atoms with van der Waals surface area (Å²) in [6.45, 7) is 7.42. The Labute approximate surface area is 198 Å². The first-order valence-electron chi connectivity index (χ1n) is 11.7. The first-order chi connectivity index (χ1) is 15.7. The third-order valence-corrected chi connectivity index (χ3v) is 7.58. The van der Waals surface area contributed by atoms with Crippen LogP contribution in [0.5, 0.6) is 0 Å². The van der Waals surface area contributed by atoms with Crippen LogP contribution in [-0.2, 0) is 17.6 Å². The van der Waals surface area contributed by atoms with E-state index in [4.69, 9.17) is 4.74 Å². The molecule has 6 nitrogen and oxygen atoms in total. The zero-order valence-corrected chi connectivity index (χ0v) is 20.0. The predicted octanol–water partition coefficient (Wildman–Crippen LogP) is 2.98. The second-order valence-electron chi connectivity index (χ2n) is 8.82. The van der Waals surface area contributed by atoms with Crippen LogP contribution >= 0.6 is 15.9 Å². The molecule has 1 aliphatic carbocycles. The van der Waals surface area contributed by atoms with Gasteiger partial charge in [0, 0.05) is 66.7 Å². The maximum absolute atomic E-state index is 13.0. The molecule has 0 saturated carbocycles. The summed E-state index contributed by atoms with van der Waals surface area (Å²) < 4.78 is 6.62. The molecule has 3 aliphatic rings. The van der Waals surface area contributed by atoms with Crippen LogP contribution in [0.4, 0.5) is 11.4 Å². The minimum Gasteiger partial charge on any atom is -0.378 e. The molecule has 32 heavy (non-hydrogen) atoms. The third-order valence-electron chi connectivity index (χ3n) is 6.84. The number of halogens is 1. The molecule has 0 spiro atoms. The van der Waals surface area contributed by atoms with Crippen LogP contribution in [-0.4, -0.2) is 64.4 Å². The van der Waals surface area contributed by atoms with E-state index >= 15 is 0 Å². The zero-order valence-electron chi connectivity index (χ0n) is 18.4. The van der Waals surface area contributed by atoms with Crippen molar-refractivity contribution in [1.82, 2.24) is 10.6 Å². The van der Waals surface area contributed by atoms with Crippen LogP contribution in [0.25, 0.3) is 0 Å². The summed E-state index contributed by atoms with van der Waals surface area (Å²) in [5, 5.41) is 6.74. The van der Waals surface area contributed by atoms with E-state index in [1.807, 2.05) is 12.1 Å². The van der Waals surface area contributed by atoms with E-state index in [2.05, 4.69) is 60.6 Å². The Morgan fingerprint density at radius 3 is 2.47 bits per heavy atom. The fraction of sp³-hybridized carbons (Fsp3) is 0.480. The Balaban J connectivity index is 1.27. The number of hydrogen-bond acceptors (Lipinski definition) is 5. The number of nitrogens with zero attached hydrogens (tertiary/aromatic N) is 2. The van der Waals surface area contributed by atoms with Gasteiger partial charge in [0.15, 0.2) is 0 Å². The van der Waals surface area contributed by atoms with Gasteiger partial charge in [0.1, 0.15) is 0 Å². The number of nitrogens with one attached hydrogen (secondary N) is 2.